The lowest BCUT2D eigenvalue weighted by Gasteiger charge is -2.35. The zero-order valence-electron chi connectivity index (χ0n) is 12.9. The van der Waals surface area contributed by atoms with Crippen molar-refractivity contribution in [3.8, 4) is 0 Å². The molecular formula is C16H22N2O3. The molecule has 1 amide bonds. The topological polar surface area (TPSA) is 59.5 Å². The Hall–Kier alpha value is -1.91. The van der Waals surface area contributed by atoms with Crippen molar-refractivity contribution in [3.05, 3.63) is 29.1 Å². The average Bonchev–Trinajstić information content (AvgIpc) is 2.47. The van der Waals surface area contributed by atoms with Crippen molar-refractivity contribution in [3.63, 3.8) is 0 Å². The molecule has 5 nitrogen and oxygen atoms in total. The molecule has 1 aromatic heterocycles. The molecule has 2 rings (SSSR count). The summed E-state index contributed by atoms with van der Waals surface area (Å²) in [6.07, 6.45) is 3.12. The highest BCUT2D eigenvalue weighted by molar-refractivity contribution is 5.95. The second kappa shape index (κ2) is 6.70. The van der Waals surface area contributed by atoms with E-state index < -0.39 is 0 Å². The number of amides is 1. The summed E-state index contributed by atoms with van der Waals surface area (Å²) in [5.41, 5.74) is 2.26. The molecule has 0 radical (unpaired) electrons. The first-order valence-corrected chi connectivity index (χ1v) is 7.35. The predicted molar refractivity (Wildman–Crippen MR) is 79.0 cm³/mol. The van der Waals surface area contributed by atoms with Crippen LogP contribution in [0.1, 0.15) is 47.4 Å². The quantitative estimate of drug-likeness (QED) is 0.801. The van der Waals surface area contributed by atoms with Crippen molar-refractivity contribution in [1.29, 1.82) is 0 Å². The van der Waals surface area contributed by atoms with Crippen LogP contribution in [0.5, 0.6) is 0 Å². The van der Waals surface area contributed by atoms with Crippen LogP contribution >= 0.6 is 0 Å². The largest absolute Gasteiger partial charge is 0.469 e. The van der Waals surface area contributed by atoms with Crippen LogP contribution < -0.4 is 0 Å². The van der Waals surface area contributed by atoms with Gasteiger partial charge in [0.2, 0.25) is 0 Å². The van der Waals surface area contributed by atoms with Crippen LogP contribution in [-0.2, 0) is 9.53 Å². The fourth-order valence-electron chi connectivity index (χ4n) is 2.82. The van der Waals surface area contributed by atoms with E-state index in [-0.39, 0.29) is 24.3 Å². The maximum absolute atomic E-state index is 12.7. The summed E-state index contributed by atoms with van der Waals surface area (Å²) < 4.78 is 4.74. The molecular weight excluding hydrogens is 268 g/mol. The first-order chi connectivity index (χ1) is 10.0. The molecule has 1 aromatic rings. The van der Waals surface area contributed by atoms with Gasteiger partial charge in [-0.1, -0.05) is 0 Å². The van der Waals surface area contributed by atoms with E-state index in [4.69, 9.17) is 4.74 Å². The second-order valence-corrected chi connectivity index (χ2v) is 5.51. The summed E-state index contributed by atoms with van der Waals surface area (Å²) in [5.74, 6) is -0.299. The highest BCUT2D eigenvalue weighted by Crippen LogP contribution is 2.23. The van der Waals surface area contributed by atoms with E-state index in [1.807, 2.05) is 26.0 Å². The summed E-state index contributed by atoms with van der Waals surface area (Å²) >= 11 is 0. The fourth-order valence-corrected chi connectivity index (χ4v) is 2.82. The van der Waals surface area contributed by atoms with E-state index in [9.17, 15) is 9.59 Å². The van der Waals surface area contributed by atoms with Gasteiger partial charge in [0, 0.05) is 18.3 Å². The van der Waals surface area contributed by atoms with Crippen molar-refractivity contribution in [1.82, 2.24) is 9.88 Å². The Bertz CT molecular complexity index is 542. The molecule has 0 bridgehead atoms. The van der Waals surface area contributed by atoms with Gasteiger partial charge in [-0.05, 0) is 45.2 Å². The number of hydrogen-bond acceptors (Lipinski definition) is 4. The Balaban J connectivity index is 2.20. The Kier molecular flexibility index (Phi) is 4.94. The van der Waals surface area contributed by atoms with Gasteiger partial charge in [0.05, 0.1) is 24.8 Å². The second-order valence-electron chi connectivity index (χ2n) is 5.51. The number of methoxy groups -OCH3 is 1. The van der Waals surface area contributed by atoms with Crippen molar-refractivity contribution in [2.24, 2.45) is 0 Å². The summed E-state index contributed by atoms with van der Waals surface area (Å²) in [6.45, 7) is 4.44. The van der Waals surface area contributed by atoms with E-state index in [1.54, 1.807) is 4.90 Å². The lowest BCUT2D eigenvalue weighted by molar-refractivity contribution is -0.142. The van der Waals surface area contributed by atoms with Crippen LogP contribution in [0.25, 0.3) is 0 Å². The number of aromatic nitrogens is 1. The number of likely N-dealkylation sites (tertiary alicyclic amines) is 1. The normalized spacial score (nSPS) is 18.4. The van der Waals surface area contributed by atoms with E-state index in [0.29, 0.717) is 12.1 Å². The molecule has 1 atom stereocenters. The minimum Gasteiger partial charge on any atom is -0.469 e. The minimum atomic E-state index is -0.265. The van der Waals surface area contributed by atoms with E-state index in [0.717, 1.165) is 30.7 Å². The molecule has 1 aliphatic rings. The molecule has 1 fully saturated rings. The molecule has 1 unspecified atom stereocenters. The number of nitrogens with zero attached hydrogens (tertiary/aromatic N) is 2. The third-order valence-electron chi connectivity index (χ3n) is 3.97. The van der Waals surface area contributed by atoms with Gasteiger partial charge in [0.15, 0.2) is 0 Å². The van der Waals surface area contributed by atoms with Gasteiger partial charge in [0.25, 0.3) is 5.91 Å². The number of ether oxygens (including phenoxy) is 1. The van der Waals surface area contributed by atoms with E-state index >= 15 is 0 Å². The van der Waals surface area contributed by atoms with Crippen molar-refractivity contribution < 1.29 is 14.3 Å². The van der Waals surface area contributed by atoms with Gasteiger partial charge in [-0.3, -0.25) is 14.6 Å². The molecule has 21 heavy (non-hydrogen) atoms. The molecule has 1 saturated heterocycles. The number of pyridine rings is 1. The van der Waals surface area contributed by atoms with Crippen LogP contribution in [0.3, 0.4) is 0 Å². The summed E-state index contributed by atoms with van der Waals surface area (Å²) in [6, 6.07) is 3.60. The number of carbonyl (C=O) groups excluding carboxylic acids is 2. The monoisotopic (exact) mass is 290 g/mol. The molecule has 0 N–H and O–H groups in total. The highest BCUT2D eigenvalue weighted by atomic mass is 16.5. The first kappa shape index (κ1) is 15.5. The van der Waals surface area contributed by atoms with Gasteiger partial charge in [0.1, 0.15) is 0 Å². The van der Waals surface area contributed by atoms with Gasteiger partial charge in [-0.2, -0.15) is 0 Å². The highest BCUT2D eigenvalue weighted by Gasteiger charge is 2.30. The van der Waals surface area contributed by atoms with E-state index in [2.05, 4.69) is 4.98 Å². The predicted octanol–water partition coefficient (Wildman–Crippen LogP) is 2.26. The smallest absolute Gasteiger partial charge is 0.307 e. The molecule has 1 aliphatic heterocycles. The molecule has 114 valence electrons. The third-order valence-corrected chi connectivity index (χ3v) is 3.97. The Morgan fingerprint density at radius 2 is 2.10 bits per heavy atom. The first-order valence-electron chi connectivity index (χ1n) is 7.35. The maximum atomic E-state index is 12.7. The Morgan fingerprint density at radius 3 is 2.76 bits per heavy atom. The SMILES string of the molecule is COC(=O)CC1CCCCN1C(=O)c1ccc(C)nc1C. The molecule has 0 aliphatic carbocycles. The van der Waals surface area contributed by atoms with Crippen molar-refractivity contribution >= 4 is 11.9 Å². The standard InChI is InChI=1S/C16H22N2O3/c1-11-7-8-14(12(2)17-11)16(20)18-9-5-4-6-13(18)10-15(19)21-3/h7-8,13H,4-6,9-10H2,1-3H3. The molecule has 0 saturated carbocycles. The Morgan fingerprint density at radius 1 is 1.33 bits per heavy atom. The number of rotatable bonds is 3. The molecule has 5 heteroatoms. The van der Waals surface area contributed by atoms with Gasteiger partial charge in [-0.15, -0.1) is 0 Å². The number of carbonyl (C=O) groups is 2. The maximum Gasteiger partial charge on any atom is 0.307 e. The minimum absolute atomic E-state index is 0.0337. The zero-order chi connectivity index (χ0) is 15.4. The molecule has 2 heterocycles. The fraction of sp³-hybridized carbons (Fsp3) is 0.562. The van der Waals surface area contributed by atoms with Gasteiger partial charge < -0.3 is 9.64 Å². The summed E-state index contributed by atoms with van der Waals surface area (Å²) in [7, 11) is 1.38. The lowest BCUT2D eigenvalue weighted by atomic mass is 9.98. The van der Waals surface area contributed by atoms with Crippen molar-refractivity contribution in [2.75, 3.05) is 13.7 Å². The lowest BCUT2D eigenvalue weighted by Crippen LogP contribution is -2.45. The van der Waals surface area contributed by atoms with Crippen molar-refractivity contribution in [2.45, 2.75) is 45.6 Å². The molecule has 0 spiro atoms. The third kappa shape index (κ3) is 3.60. The van der Waals surface area contributed by atoms with Crippen LogP contribution in [0.2, 0.25) is 0 Å². The number of esters is 1. The zero-order valence-corrected chi connectivity index (χ0v) is 12.9. The summed E-state index contributed by atoms with van der Waals surface area (Å²) in [5, 5.41) is 0. The molecule has 0 aromatic carbocycles. The average molecular weight is 290 g/mol. The number of aryl methyl sites for hydroxylation is 2. The van der Waals surface area contributed by atoms with Gasteiger partial charge >= 0.3 is 5.97 Å². The van der Waals surface area contributed by atoms with E-state index in [1.165, 1.54) is 7.11 Å². The Labute approximate surface area is 125 Å². The number of piperidine rings is 1. The van der Waals surface area contributed by atoms with Crippen LogP contribution in [0.4, 0.5) is 0 Å². The summed E-state index contributed by atoms with van der Waals surface area (Å²) in [4.78, 5) is 30.4. The van der Waals surface area contributed by atoms with Crippen LogP contribution in [0, 0.1) is 13.8 Å². The number of hydrogen-bond donors (Lipinski definition) is 0. The van der Waals surface area contributed by atoms with Crippen LogP contribution in [0.15, 0.2) is 12.1 Å². The van der Waals surface area contributed by atoms with Crippen LogP contribution in [-0.4, -0.2) is 41.5 Å². The van der Waals surface area contributed by atoms with Gasteiger partial charge in [-0.25, -0.2) is 0 Å².